The molecule has 3 nitrogen and oxygen atoms in total. The van der Waals surface area contributed by atoms with Crippen LogP contribution in [0.15, 0.2) is 0 Å². The molecule has 1 N–H and O–H groups in total. The van der Waals surface area contributed by atoms with Crippen molar-refractivity contribution in [1.29, 1.82) is 0 Å². The summed E-state index contributed by atoms with van der Waals surface area (Å²) in [6.45, 7) is 11.7. The molecule has 1 atom stereocenters. The fourth-order valence-corrected chi connectivity index (χ4v) is 4.50. The summed E-state index contributed by atoms with van der Waals surface area (Å²) in [5, 5.41) is 3.79. The summed E-state index contributed by atoms with van der Waals surface area (Å²) in [4.78, 5) is 5.44. The van der Waals surface area contributed by atoms with E-state index in [-0.39, 0.29) is 0 Å². The molecule has 3 rings (SSSR count). The highest BCUT2D eigenvalue weighted by Crippen LogP contribution is 2.27. The Balaban J connectivity index is 1.41. The number of hydrogen-bond acceptors (Lipinski definition) is 3. The van der Waals surface area contributed by atoms with Crippen LogP contribution in [0.2, 0.25) is 0 Å². The first-order valence-electron chi connectivity index (χ1n) is 8.99. The molecule has 0 spiro atoms. The monoisotopic (exact) mass is 279 g/mol. The zero-order valence-corrected chi connectivity index (χ0v) is 13.4. The van der Waals surface area contributed by atoms with E-state index in [2.05, 4.69) is 22.0 Å². The SMILES string of the molecule is CCC1(CN2CCC(CN3CCCC3)CC2)CCCN1. The normalized spacial score (nSPS) is 34.0. The summed E-state index contributed by atoms with van der Waals surface area (Å²) < 4.78 is 0. The maximum Gasteiger partial charge on any atom is 0.0306 e. The molecule has 3 heteroatoms. The zero-order valence-electron chi connectivity index (χ0n) is 13.4. The number of piperidine rings is 1. The summed E-state index contributed by atoms with van der Waals surface area (Å²) in [5.74, 6) is 0.971. The van der Waals surface area contributed by atoms with Crippen molar-refractivity contribution in [2.45, 2.75) is 57.4 Å². The third-order valence-corrected chi connectivity index (χ3v) is 5.96. The number of likely N-dealkylation sites (tertiary alicyclic amines) is 2. The standard InChI is InChI=1S/C17H33N3/c1-2-17(8-5-9-18-17)15-20-12-6-16(7-13-20)14-19-10-3-4-11-19/h16,18H,2-15H2,1H3. The van der Waals surface area contributed by atoms with Crippen molar-refractivity contribution in [3.63, 3.8) is 0 Å². The van der Waals surface area contributed by atoms with Gasteiger partial charge in [-0.15, -0.1) is 0 Å². The van der Waals surface area contributed by atoms with E-state index in [1.807, 2.05) is 0 Å². The van der Waals surface area contributed by atoms with Gasteiger partial charge in [0.1, 0.15) is 0 Å². The highest BCUT2D eigenvalue weighted by atomic mass is 15.2. The summed E-state index contributed by atoms with van der Waals surface area (Å²) in [5.41, 5.74) is 0.446. The smallest absolute Gasteiger partial charge is 0.0306 e. The molecule has 0 bridgehead atoms. The van der Waals surface area contributed by atoms with Gasteiger partial charge in [-0.3, -0.25) is 0 Å². The average molecular weight is 279 g/mol. The fraction of sp³-hybridized carbons (Fsp3) is 1.00. The van der Waals surface area contributed by atoms with Crippen molar-refractivity contribution < 1.29 is 0 Å². The Hall–Kier alpha value is -0.120. The molecule has 1 unspecified atom stereocenters. The van der Waals surface area contributed by atoms with Gasteiger partial charge in [-0.1, -0.05) is 6.92 Å². The van der Waals surface area contributed by atoms with Crippen LogP contribution >= 0.6 is 0 Å². The van der Waals surface area contributed by atoms with Gasteiger partial charge in [0.25, 0.3) is 0 Å². The second kappa shape index (κ2) is 6.76. The molecule has 20 heavy (non-hydrogen) atoms. The maximum absolute atomic E-state index is 3.79. The van der Waals surface area contributed by atoms with Crippen LogP contribution in [0.1, 0.15) is 51.9 Å². The number of nitrogens with zero attached hydrogens (tertiary/aromatic N) is 2. The minimum Gasteiger partial charge on any atom is -0.310 e. The van der Waals surface area contributed by atoms with E-state index in [1.54, 1.807) is 0 Å². The highest BCUT2D eigenvalue weighted by Gasteiger charge is 2.34. The van der Waals surface area contributed by atoms with Crippen LogP contribution in [0.4, 0.5) is 0 Å². The Labute approximate surface area is 125 Å². The lowest BCUT2D eigenvalue weighted by molar-refractivity contribution is 0.121. The quantitative estimate of drug-likeness (QED) is 0.833. The van der Waals surface area contributed by atoms with Gasteiger partial charge in [-0.2, -0.15) is 0 Å². The van der Waals surface area contributed by atoms with Crippen LogP contribution < -0.4 is 5.32 Å². The highest BCUT2D eigenvalue weighted by molar-refractivity contribution is 4.95. The predicted octanol–water partition coefficient (Wildman–Crippen LogP) is 2.33. The topological polar surface area (TPSA) is 18.5 Å². The van der Waals surface area contributed by atoms with Gasteiger partial charge in [0, 0.05) is 18.6 Å². The Morgan fingerprint density at radius 2 is 1.75 bits per heavy atom. The molecular weight excluding hydrogens is 246 g/mol. The fourth-order valence-electron chi connectivity index (χ4n) is 4.50. The largest absolute Gasteiger partial charge is 0.310 e. The van der Waals surface area contributed by atoms with E-state index in [0.717, 1.165) is 5.92 Å². The first-order chi connectivity index (χ1) is 9.80. The molecule has 3 aliphatic rings. The van der Waals surface area contributed by atoms with Crippen molar-refractivity contribution in [2.24, 2.45) is 5.92 Å². The Morgan fingerprint density at radius 3 is 2.35 bits per heavy atom. The van der Waals surface area contributed by atoms with Gasteiger partial charge in [0.15, 0.2) is 0 Å². The van der Waals surface area contributed by atoms with Gasteiger partial charge >= 0.3 is 0 Å². The average Bonchev–Trinajstić information content (AvgIpc) is 3.13. The Kier molecular flexibility index (Phi) is 5.00. The molecule has 3 aliphatic heterocycles. The van der Waals surface area contributed by atoms with Crippen molar-refractivity contribution in [3.05, 3.63) is 0 Å². The van der Waals surface area contributed by atoms with Crippen LogP contribution in [0.25, 0.3) is 0 Å². The van der Waals surface area contributed by atoms with Gasteiger partial charge in [0.05, 0.1) is 0 Å². The number of rotatable bonds is 5. The first kappa shape index (κ1) is 14.8. The molecule has 116 valence electrons. The lowest BCUT2D eigenvalue weighted by Gasteiger charge is -2.39. The van der Waals surface area contributed by atoms with Gasteiger partial charge in [-0.25, -0.2) is 0 Å². The molecule has 0 aromatic heterocycles. The molecular formula is C17H33N3. The minimum absolute atomic E-state index is 0.446. The van der Waals surface area contributed by atoms with Crippen LogP contribution in [0.3, 0.4) is 0 Å². The van der Waals surface area contributed by atoms with E-state index >= 15 is 0 Å². The van der Waals surface area contributed by atoms with E-state index in [1.165, 1.54) is 90.8 Å². The molecule has 0 aromatic carbocycles. The molecule has 3 heterocycles. The van der Waals surface area contributed by atoms with Gasteiger partial charge < -0.3 is 15.1 Å². The molecule has 0 saturated carbocycles. The van der Waals surface area contributed by atoms with Gasteiger partial charge in [-0.05, 0) is 83.6 Å². The lowest BCUT2D eigenvalue weighted by atomic mass is 9.90. The lowest BCUT2D eigenvalue weighted by Crippen LogP contribution is -2.51. The van der Waals surface area contributed by atoms with Crippen LogP contribution in [0, 0.1) is 5.92 Å². The van der Waals surface area contributed by atoms with E-state index < -0.39 is 0 Å². The zero-order chi connectivity index (χ0) is 13.8. The minimum atomic E-state index is 0.446. The third kappa shape index (κ3) is 3.55. The second-order valence-electron chi connectivity index (χ2n) is 7.39. The van der Waals surface area contributed by atoms with Crippen molar-refractivity contribution >= 4 is 0 Å². The van der Waals surface area contributed by atoms with Crippen LogP contribution in [-0.4, -0.2) is 61.2 Å². The molecule has 0 aliphatic carbocycles. The molecule has 3 saturated heterocycles. The van der Waals surface area contributed by atoms with Crippen molar-refractivity contribution in [2.75, 3.05) is 45.8 Å². The Bertz CT molecular complexity index is 285. The molecule has 3 fully saturated rings. The Morgan fingerprint density at radius 1 is 1.00 bits per heavy atom. The summed E-state index contributed by atoms with van der Waals surface area (Å²) in [7, 11) is 0. The second-order valence-corrected chi connectivity index (χ2v) is 7.39. The van der Waals surface area contributed by atoms with Crippen molar-refractivity contribution in [1.82, 2.24) is 15.1 Å². The van der Waals surface area contributed by atoms with Crippen LogP contribution in [-0.2, 0) is 0 Å². The third-order valence-electron chi connectivity index (χ3n) is 5.96. The van der Waals surface area contributed by atoms with E-state index in [9.17, 15) is 0 Å². The summed E-state index contributed by atoms with van der Waals surface area (Å²) in [6, 6.07) is 0. The molecule has 0 amide bonds. The van der Waals surface area contributed by atoms with Crippen LogP contribution in [0.5, 0.6) is 0 Å². The molecule has 0 radical (unpaired) electrons. The van der Waals surface area contributed by atoms with Gasteiger partial charge in [0.2, 0.25) is 0 Å². The van der Waals surface area contributed by atoms with E-state index in [4.69, 9.17) is 0 Å². The number of nitrogens with one attached hydrogen (secondary N) is 1. The summed E-state index contributed by atoms with van der Waals surface area (Å²) in [6.07, 6.45) is 9.77. The number of hydrogen-bond donors (Lipinski definition) is 1. The van der Waals surface area contributed by atoms with Crippen molar-refractivity contribution in [3.8, 4) is 0 Å². The first-order valence-corrected chi connectivity index (χ1v) is 8.99. The summed E-state index contributed by atoms with van der Waals surface area (Å²) >= 11 is 0. The maximum atomic E-state index is 3.79. The predicted molar refractivity (Wildman–Crippen MR) is 85.1 cm³/mol. The molecule has 0 aromatic rings. The van der Waals surface area contributed by atoms with E-state index in [0.29, 0.717) is 5.54 Å².